The maximum Gasteiger partial charge on any atom is 0.259 e. The zero-order valence-corrected chi connectivity index (χ0v) is 23.9. The summed E-state index contributed by atoms with van der Waals surface area (Å²) in [6.07, 6.45) is 14.7. The molecule has 0 aliphatic heterocycles. The molecule has 204 valence electrons. The summed E-state index contributed by atoms with van der Waals surface area (Å²) in [7, 11) is 1.97. The van der Waals surface area contributed by atoms with Crippen LogP contribution >= 0.6 is 11.8 Å². The molecule has 0 aromatic carbocycles. The molecule has 1 aromatic heterocycles. The summed E-state index contributed by atoms with van der Waals surface area (Å²) in [6.45, 7) is 23.9. The van der Waals surface area contributed by atoms with E-state index >= 15 is 0 Å². The number of unbranched alkanes of at least 4 members (excludes halogenated alkanes) is 1. The van der Waals surface area contributed by atoms with Crippen molar-refractivity contribution >= 4 is 23.5 Å². The Morgan fingerprint density at radius 2 is 1.95 bits per heavy atom. The van der Waals surface area contributed by atoms with E-state index < -0.39 is 12.0 Å². The van der Waals surface area contributed by atoms with Gasteiger partial charge in [-0.15, -0.1) is 5.10 Å². The largest absolute Gasteiger partial charge is 0.378 e. The van der Waals surface area contributed by atoms with Crippen LogP contribution in [0, 0.1) is 0 Å². The summed E-state index contributed by atoms with van der Waals surface area (Å²) >= 11 is 1.57. The first kappa shape index (κ1) is 32.6. The number of nitrogens with zero attached hydrogens (tertiary/aromatic N) is 3. The Bertz CT molecular complexity index is 1080. The molecule has 7 heteroatoms. The van der Waals surface area contributed by atoms with Gasteiger partial charge in [-0.3, -0.25) is 4.79 Å². The van der Waals surface area contributed by atoms with Crippen LogP contribution in [0.1, 0.15) is 51.6 Å². The average Bonchev–Trinajstić information content (AvgIpc) is 2.91. The summed E-state index contributed by atoms with van der Waals surface area (Å²) in [5.41, 5.74) is 3.43. The zero-order chi connectivity index (χ0) is 28.5. The molecule has 1 heterocycles. The number of allylic oxidation sites excluding steroid dienone is 7. The summed E-state index contributed by atoms with van der Waals surface area (Å²) < 4.78 is 0. The summed E-state index contributed by atoms with van der Waals surface area (Å²) in [4.78, 5) is 15.3. The van der Waals surface area contributed by atoms with Crippen molar-refractivity contribution in [1.29, 1.82) is 0 Å². The fourth-order valence-corrected chi connectivity index (χ4v) is 4.19. The summed E-state index contributed by atoms with van der Waals surface area (Å²) in [5, 5.41) is 21.9. The molecular weight excluding hydrogens is 492 g/mol. The average molecular weight is 535 g/mol. The van der Waals surface area contributed by atoms with E-state index in [-0.39, 0.29) is 0 Å². The van der Waals surface area contributed by atoms with E-state index in [2.05, 4.69) is 54.5 Å². The SMILES string of the molecule is C=C/C=C\C(=C/C)CC(=C)N(C)C(=C)SC(=C)CCCCc1ccc(NC(=O)C(O)/C(C=C)=C/CC)nn1. The van der Waals surface area contributed by atoms with Crippen molar-refractivity contribution in [3.8, 4) is 0 Å². The third kappa shape index (κ3) is 11.8. The molecule has 2 N–H and O–H groups in total. The number of hydrogen-bond acceptors (Lipinski definition) is 6. The van der Waals surface area contributed by atoms with E-state index in [0.717, 1.165) is 53.4 Å². The molecule has 0 aliphatic carbocycles. The van der Waals surface area contributed by atoms with Crippen molar-refractivity contribution in [2.24, 2.45) is 0 Å². The van der Waals surface area contributed by atoms with Gasteiger partial charge in [-0.2, -0.15) is 5.10 Å². The maximum atomic E-state index is 12.3. The predicted molar refractivity (Wildman–Crippen MR) is 163 cm³/mol. The van der Waals surface area contributed by atoms with E-state index in [1.807, 2.05) is 44.0 Å². The van der Waals surface area contributed by atoms with Crippen molar-refractivity contribution in [2.45, 2.75) is 58.5 Å². The minimum absolute atomic E-state index is 0.296. The number of hydrogen-bond donors (Lipinski definition) is 2. The van der Waals surface area contributed by atoms with Gasteiger partial charge in [0.1, 0.15) is 0 Å². The quantitative estimate of drug-likeness (QED) is 0.152. The van der Waals surface area contributed by atoms with Gasteiger partial charge in [0.2, 0.25) is 0 Å². The normalized spacial score (nSPS) is 12.6. The molecule has 0 bridgehead atoms. The number of aliphatic hydroxyl groups is 1. The maximum absolute atomic E-state index is 12.3. The number of aromatic nitrogens is 2. The van der Waals surface area contributed by atoms with Crippen LogP contribution in [0.3, 0.4) is 0 Å². The van der Waals surface area contributed by atoms with Crippen LogP contribution in [0.2, 0.25) is 0 Å². The molecule has 0 spiro atoms. The Balaban J connectivity index is 2.44. The zero-order valence-electron chi connectivity index (χ0n) is 23.1. The number of aryl methyl sites for hydroxylation is 1. The molecular formula is C31H42N4O2S. The van der Waals surface area contributed by atoms with Gasteiger partial charge in [0.05, 0.1) is 10.7 Å². The minimum atomic E-state index is -1.29. The van der Waals surface area contributed by atoms with E-state index in [1.165, 1.54) is 11.6 Å². The van der Waals surface area contributed by atoms with Crippen molar-refractivity contribution in [3.63, 3.8) is 0 Å². The van der Waals surface area contributed by atoms with Gasteiger partial charge >= 0.3 is 0 Å². The third-order valence-corrected chi connectivity index (χ3v) is 6.69. The molecule has 1 amide bonds. The summed E-state index contributed by atoms with van der Waals surface area (Å²) in [5.74, 6) is -0.268. The number of amides is 1. The summed E-state index contributed by atoms with van der Waals surface area (Å²) in [6, 6.07) is 3.53. The Morgan fingerprint density at radius 3 is 2.53 bits per heavy atom. The Kier molecular flexibility index (Phi) is 15.4. The van der Waals surface area contributed by atoms with Crippen LogP contribution in [0.5, 0.6) is 0 Å². The fourth-order valence-electron chi connectivity index (χ4n) is 3.34. The van der Waals surface area contributed by atoms with Crippen LogP contribution in [-0.4, -0.2) is 39.3 Å². The third-order valence-electron chi connectivity index (χ3n) is 5.69. The van der Waals surface area contributed by atoms with Crippen LogP contribution in [0.15, 0.2) is 108 Å². The smallest absolute Gasteiger partial charge is 0.259 e. The lowest BCUT2D eigenvalue weighted by atomic mass is 10.1. The molecule has 1 aromatic rings. The first-order valence-corrected chi connectivity index (χ1v) is 13.5. The van der Waals surface area contributed by atoms with Crippen LogP contribution in [0.25, 0.3) is 0 Å². The van der Waals surface area contributed by atoms with Gasteiger partial charge in [-0.05, 0) is 67.2 Å². The van der Waals surface area contributed by atoms with Crippen molar-refractivity contribution in [3.05, 3.63) is 114 Å². The highest BCUT2D eigenvalue weighted by atomic mass is 32.2. The highest BCUT2D eigenvalue weighted by Crippen LogP contribution is 2.31. The monoisotopic (exact) mass is 534 g/mol. The van der Waals surface area contributed by atoms with E-state index in [4.69, 9.17) is 0 Å². The minimum Gasteiger partial charge on any atom is -0.378 e. The number of aliphatic hydroxyl groups excluding tert-OH is 1. The molecule has 1 atom stereocenters. The second-order valence-electron chi connectivity index (χ2n) is 8.62. The Morgan fingerprint density at radius 1 is 1.21 bits per heavy atom. The number of nitrogens with one attached hydrogen (secondary N) is 1. The van der Waals surface area contributed by atoms with E-state index in [1.54, 1.807) is 30.0 Å². The second-order valence-corrected chi connectivity index (χ2v) is 9.87. The molecule has 0 saturated carbocycles. The fraction of sp³-hybridized carbons (Fsp3) is 0.323. The first-order valence-electron chi connectivity index (χ1n) is 12.7. The van der Waals surface area contributed by atoms with Crippen molar-refractivity contribution in [2.75, 3.05) is 12.4 Å². The lowest BCUT2D eigenvalue weighted by molar-refractivity contribution is -0.122. The van der Waals surface area contributed by atoms with Crippen LogP contribution in [-0.2, 0) is 11.2 Å². The van der Waals surface area contributed by atoms with Gasteiger partial charge in [0, 0.05) is 19.2 Å². The number of carbonyl (C=O) groups excluding carboxylic acids is 1. The number of carbonyl (C=O) groups is 1. The molecule has 0 saturated heterocycles. The van der Waals surface area contributed by atoms with Gasteiger partial charge < -0.3 is 15.3 Å². The molecule has 1 rings (SSSR count). The first-order chi connectivity index (χ1) is 18.2. The predicted octanol–water partition coefficient (Wildman–Crippen LogP) is 7.25. The number of anilines is 1. The van der Waals surface area contributed by atoms with Crippen LogP contribution < -0.4 is 5.32 Å². The highest BCUT2D eigenvalue weighted by Gasteiger charge is 2.18. The molecule has 0 aliphatic rings. The topological polar surface area (TPSA) is 78.4 Å². The standard InChI is InChI=1S/C31H42N4O2S/c1-9-13-18-26(11-3)22-23(5)35(8)25(7)38-24(6)17-14-15-19-28-20-21-29(34-33-28)32-31(37)30(36)27(12-4)16-10-2/h9,11-13,16,18,20-21,30,36H,1,4-7,10,14-15,17,19,22H2,2-3,8H3,(H,32,34,37)/b18-13-,26-11+,27-16+. The number of thioether (sulfide) groups is 1. The molecule has 0 radical (unpaired) electrons. The van der Waals surface area contributed by atoms with E-state index in [0.29, 0.717) is 17.8 Å². The van der Waals surface area contributed by atoms with Gasteiger partial charge in [-0.1, -0.05) is 88.0 Å². The van der Waals surface area contributed by atoms with Crippen molar-refractivity contribution < 1.29 is 9.90 Å². The van der Waals surface area contributed by atoms with Gasteiger partial charge in [0.25, 0.3) is 5.91 Å². The lowest BCUT2D eigenvalue weighted by Crippen LogP contribution is -2.29. The highest BCUT2D eigenvalue weighted by molar-refractivity contribution is 8.06. The molecule has 6 nitrogen and oxygen atoms in total. The molecule has 1 unspecified atom stereocenters. The van der Waals surface area contributed by atoms with Crippen LogP contribution in [0.4, 0.5) is 5.82 Å². The number of rotatable bonds is 18. The Hall–Kier alpha value is -3.42. The van der Waals surface area contributed by atoms with Gasteiger partial charge in [0.15, 0.2) is 11.9 Å². The van der Waals surface area contributed by atoms with E-state index in [9.17, 15) is 9.90 Å². The van der Waals surface area contributed by atoms with Gasteiger partial charge in [-0.25, -0.2) is 0 Å². The molecule has 0 fully saturated rings. The second kappa shape index (κ2) is 17.9. The molecule has 38 heavy (non-hydrogen) atoms. The lowest BCUT2D eigenvalue weighted by Gasteiger charge is -2.24. The van der Waals surface area contributed by atoms with Crippen molar-refractivity contribution in [1.82, 2.24) is 15.1 Å². The Labute approximate surface area is 233 Å².